The summed E-state index contributed by atoms with van der Waals surface area (Å²) in [7, 11) is 0. The molecule has 23 heavy (non-hydrogen) atoms. The van der Waals surface area contributed by atoms with Gasteiger partial charge in [0.15, 0.2) is 5.78 Å². The van der Waals surface area contributed by atoms with Gasteiger partial charge in [0.25, 0.3) is 0 Å². The van der Waals surface area contributed by atoms with Gasteiger partial charge in [0.2, 0.25) is 5.91 Å². The molecular formula is C17H19N3O3. The Hall–Kier alpha value is -2.63. The first-order valence-corrected chi connectivity index (χ1v) is 7.69. The second kappa shape index (κ2) is 6.64. The Morgan fingerprint density at radius 1 is 1.39 bits per heavy atom. The number of nitrogens with one attached hydrogen (secondary N) is 1. The Labute approximate surface area is 134 Å². The summed E-state index contributed by atoms with van der Waals surface area (Å²) < 4.78 is 5.22. The van der Waals surface area contributed by atoms with Crippen molar-refractivity contribution in [2.24, 2.45) is 0 Å². The molecule has 6 nitrogen and oxygen atoms in total. The minimum Gasteiger partial charge on any atom is -0.467 e. The van der Waals surface area contributed by atoms with Gasteiger partial charge in [0, 0.05) is 18.3 Å². The molecule has 0 radical (unpaired) electrons. The molecule has 0 saturated carbocycles. The SMILES string of the molecule is CC(=O)c1ccc(N2CCC[C@H]2C(=O)NCc2ccco2)nc1. The lowest BCUT2D eigenvalue weighted by molar-refractivity contribution is -0.122. The van der Waals surface area contributed by atoms with Gasteiger partial charge in [-0.1, -0.05) is 0 Å². The van der Waals surface area contributed by atoms with Crippen molar-refractivity contribution in [2.75, 3.05) is 11.4 Å². The number of rotatable bonds is 5. The van der Waals surface area contributed by atoms with Crippen molar-refractivity contribution in [1.82, 2.24) is 10.3 Å². The van der Waals surface area contributed by atoms with Crippen LogP contribution in [0, 0.1) is 0 Å². The molecular weight excluding hydrogens is 294 g/mol. The normalized spacial score (nSPS) is 17.3. The van der Waals surface area contributed by atoms with Gasteiger partial charge >= 0.3 is 0 Å². The molecule has 1 amide bonds. The van der Waals surface area contributed by atoms with Crippen LogP contribution in [0.25, 0.3) is 0 Å². The van der Waals surface area contributed by atoms with Crippen LogP contribution in [-0.4, -0.2) is 29.3 Å². The highest BCUT2D eigenvalue weighted by molar-refractivity contribution is 5.94. The van der Waals surface area contributed by atoms with Gasteiger partial charge in [-0.25, -0.2) is 4.98 Å². The molecule has 0 unspecified atom stereocenters. The van der Waals surface area contributed by atoms with Crippen LogP contribution in [0.1, 0.15) is 35.9 Å². The predicted octanol–water partition coefficient (Wildman–Crippen LogP) is 2.16. The molecule has 1 saturated heterocycles. The summed E-state index contributed by atoms with van der Waals surface area (Å²) in [5, 5.41) is 2.90. The molecule has 2 aromatic heterocycles. The Balaban J connectivity index is 1.66. The molecule has 0 aliphatic carbocycles. The average molecular weight is 313 g/mol. The molecule has 0 bridgehead atoms. The van der Waals surface area contributed by atoms with Crippen molar-refractivity contribution in [3.63, 3.8) is 0 Å². The Morgan fingerprint density at radius 2 is 2.26 bits per heavy atom. The third-order valence-electron chi connectivity index (χ3n) is 4.02. The number of furan rings is 1. The lowest BCUT2D eigenvalue weighted by Gasteiger charge is -2.24. The number of Topliss-reactive ketones (excluding diaryl/α,β-unsaturated/α-hetero) is 1. The van der Waals surface area contributed by atoms with Crippen LogP contribution >= 0.6 is 0 Å². The minimum absolute atomic E-state index is 0.0155. The number of hydrogen-bond donors (Lipinski definition) is 1. The molecule has 1 aliphatic rings. The monoisotopic (exact) mass is 313 g/mol. The summed E-state index contributed by atoms with van der Waals surface area (Å²) in [6.07, 6.45) is 4.88. The number of carbonyl (C=O) groups excluding carboxylic acids is 2. The number of pyridine rings is 1. The number of carbonyl (C=O) groups is 2. The molecule has 2 aromatic rings. The van der Waals surface area contributed by atoms with E-state index in [1.165, 1.54) is 6.92 Å². The van der Waals surface area contributed by atoms with Gasteiger partial charge in [0.05, 0.1) is 12.8 Å². The number of anilines is 1. The topological polar surface area (TPSA) is 75.4 Å². The number of amides is 1. The van der Waals surface area contributed by atoms with Gasteiger partial charge in [0.1, 0.15) is 17.6 Å². The quantitative estimate of drug-likeness (QED) is 0.856. The molecule has 0 spiro atoms. The first-order chi connectivity index (χ1) is 11.1. The Morgan fingerprint density at radius 3 is 2.91 bits per heavy atom. The largest absolute Gasteiger partial charge is 0.467 e. The lowest BCUT2D eigenvalue weighted by atomic mass is 10.2. The second-order valence-electron chi connectivity index (χ2n) is 5.61. The number of aromatic nitrogens is 1. The van der Waals surface area contributed by atoms with Crippen molar-refractivity contribution in [2.45, 2.75) is 32.4 Å². The minimum atomic E-state index is -0.236. The predicted molar refractivity (Wildman–Crippen MR) is 85.2 cm³/mol. The smallest absolute Gasteiger partial charge is 0.243 e. The average Bonchev–Trinajstić information content (AvgIpc) is 3.24. The first-order valence-electron chi connectivity index (χ1n) is 7.69. The van der Waals surface area contributed by atoms with Crippen molar-refractivity contribution < 1.29 is 14.0 Å². The maximum Gasteiger partial charge on any atom is 0.243 e. The standard InChI is InChI=1S/C17H19N3O3/c1-12(21)13-6-7-16(18-10-13)20-8-2-5-15(20)17(22)19-11-14-4-3-9-23-14/h3-4,6-7,9-10,15H,2,5,8,11H2,1H3,(H,19,22)/t15-/m0/s1. The number of ketones is 1. The van der Waals surface area contributed by atoms with Gasteiger partial charge in [-0.3, -0.25) is 9.59 Å². The van der Waals surface area contributed by atoms with Gasteiger partial charge in [-0.15, -0.1) is 0 Å². The van der Waals surface area contributed by atoms with Gasteiger partial charge in [-0.2, -0.15) is 0 Å². The molecule has 1 N–H and O–H groups in total. The van der Waals surface area contributed by atoms with Crippen molar-refractivity contribution >= 4 is 17.5 Å². The fourth-order valence-corrected chi connectivity index (χ4v) is 2.78. The van der Waals surface area contributed by atoms with Crippen LogP contribution < -0.4 is 10.2 Å². The fourth-order valence-electron chi connectivity index (χ4n) is 2.78. The summed E-state index contributed by atoms with van der Waals surface area (Å²) in [4.78, 5) is 30.1. The molecule has 3 heterocycles. The van der Waals surface area contributed by atoms with E-state index in [1.54, 1.807) is 30.7 Å². The maximum absolute atomic E-state index is 12.4. The van der Waals surface area contributed by atoms with E-state index >= 15 is 0 Å². The zero-order valence-corrected chi connectivity index (χ0v) is 13.0. The van der Waals surface area contributed by atoms with E-state index in [4.69, 9.17) is 4.42 Å². The maximum atomic E-state index is 12.4. The van der Waals surface area contributed by atoms with E-state index in [1.807, 2.05) is 11.0 Å². The molecule has 1 atom stereocenters. The Kier molecular flexibility index (Phi) is 4.41. The summed E-state index contributed by atoms with van der Waals surface area (Å²) in [5.74, 6) is 1.41. The van der Waals surface area contributed by atoms with Crippen molar-refractivity contribution in [1.29, 1.82) is 0 Å². The molecule has 120 valence electrons. The van der Waals surface area contributed by atoms with Crippen LogP contribution in [-0.2, 0) is 11.3 Å². The third kappa shape index (κ3) is 3.41. The van der Waals surface area contributed by atoms with Crippen LogP contribution in [0.15, 0.2) is 41.1 Å². The summed E-state index contributed by atoms with van der Waals surface area (Å²) in [6, 6.07) is 6.94. The van der Waals surface area contributed by atoms with E-state index in [9.17, 15) is 9.59 Å². The van der Waals surface area contributed by atoms with Crippen LogP contribution in [0.2, 0.25) is 0 Å². The molecule has 3 rings (SSSR count). The summed E-state index contributed by atoms with van der Waals surface area (Å²) in [6.45, 7) is 2.68. The second-order valence-corrected chi connectivity index (χ2v) is 5.61. The highest BCUT2D eigenvalue weighted by atomic mass is 16.3. The fraction of sp³-hybridized carbons (Fsp3) is 0.353. The van der Waals surface area contributed by atoms with E-state index in [-0.39, 0.29) is 17.7 Å². The summed E-state index contributed by atoms with van der Waals surface area (Å²) >= 11 is 0. The molecule has 1 fully saturated rings. The number of hydrogen-bond acceptors (Lipinski definition) is 5. The van der Waals surface area contributed by atoms with E-state index in [0.29, 0.717) is 12.1 Å². The number of nitrogens with zero attached hydrogens (tertiary/aromatic N) is 2. The summed E-state index contributed by atoms with van der Waals surface area (Å²) in [5.41, 5.74) is 0.576. The zero-order valence-electron chi connectivity index (χ0n) is 13.0. The highest BCUT2D eigenvalue weighted by Crippen LogP contribution is 2.24. The zero-order chi connectivity index (χ0) is 16.2. The van der Waals surface area contributed by atoms with Crippen molar-refractivity contribution in [3.05, 3.63) is 48.0 Å². The van der Waals surface area contributed by atoms with Gasteiger partial charge < -0.3 is 14.6 Å². The Bertz CT molecular complexity index is 680. The molecule has 6 heteroatoms. The third-order valence-corrected chi connectivity index (χ3v) is 4.02. The van der Waals surface area contributed by atoms with Crippen LogP contribution in [0.4, 0.5) is 5.82 Å². The molecule has 0 aromatic carbocycles. The first kappa shape index (κ1) is 15.3. The highest BCUT2D eigenvalue weighted by Gasteiger charge is 2.31. The molecule has 1 aliphatic heterocycles. The van der Waals surface area contributed by atoms with E-state index < -0.39 is 0 Å². The van der Waals surface area contributed by atoms with Gasteiger partial charge in [-0.05, 0) is 44.0 Å². The lowest BCUT2D eigenvalue weighted by Crippen LogP contribution is -2.43. The van der Waals surface area contributed by atoms with E-state index in [0.717, 1.165) is 31.0 Å². The van der Waals surface area contributed by atoms with Crippen LogP contribution in [0.5, 0.6) is 0 Å². The van der Waals surface area contributed by atoms with Crippen molar-refractivity contribution in [3.8, 4) is 0 Å². The van der Waals surface area contributed by atoms with E-state index in [2.05, 4.69) is 10.3 Å². The van der Waals surface area contributed by atoms with Crippen LogP contribution in [0.3, 0.4) is 0 Å².